The standard InChI is InChI=1S/C12H14N2S2/c1-2-3-4-10-5-6-11(16-10)7-9(8-13)12(14)15/h5-7H,2-4H2,1H3,(H2,14,15)/b9-7+. The summed E-state index contributed by atoms with van der Waals surface area (Å²) in [6.45, 7) is 2.18. The predicted octanol–water partition coefficient (Wildman–Crippen LogP) is 3.28. The molecular formula is C12H14N2S2. The molecule has 84 valence electrons. The quantitative estimate of drug-likeness (QED) is 0.495. The van der Waals surface area contributed by atoms with E-state index in [1.165, 1.54) is 17.7 Å². The third-order valence-corrected chi connectivity index (χ3v) is 3.44. The topological polar surface area (TPSA) is 49.8 Å². The van der Waals surface area contributed by atoms with Gasteiger partial charge in [-0.3, -0.25) is 0 Å². The molecule has 0 radical (unpaired) electrons. The van der Waals surface area contributed by atoms with E-state index in [1.807, 2.05) is 12.1 Å². The van der Waals surface area contributed by atoms with Gasteiger partial charge in [0, 0.05) is 9.75 Å². The molecule has 1 aromatic rings. The zero-order chi connectivity index (χ0) is 12.0. The molecule has 16 heavy (non-hydrogen) atoms. The summed E-state index contributed by atoms with van der Waals surface area (Å²) in [7, 11) is 0. The second kappa shape index (κ2) is 6.41. The summed E-state index contributed by atoms with van der Waals surface area (Å²) in [4.78, 5) is 2.54. The highest BCUT2D eigenvalue weighted by atomic mass is 32.1. The van der Waals surface area contributed by atoms with Crippen LogP contribution >= 0.6 is 23.6 Å². The number of rotatable bonds is 5. The molecule has 2 nitrogen and oxygen atoms in total. The number of unbranched alkanes of at least 4 members (excludes halogenated alkanes) is 1. The average Bonchev–Trinajstić information content (AvgIpc) is 2.70. The molecule has 0 atom stereocenters. The molecule has 0 aliphatic heterocycles. The molecule has 0 unspecified atom stereocenters. The fourth-order valence-corrected chi connectivity index (χ4v) is 2.36. The van der Waals surface area contributed by atoms with Gasteiger partial charge in [0.1, 0.15) is 11.1 Å². The number of nitriles is 1. The van der Waals surface area contributed by atoms with E-state index in [0.717, 1.165) is 11.3 Å². The number of hydrogen-bond acceptors (Lipinski definition) is 3. The van der Waals surface area contributed by atoms with Crippen LogP contribution in [0, 0.1) is 11.3 Å². The molecule has 4 heteroatoms. The molecule has 1 aromatic heterocycles. The molecule has 0 spiro atoms. The van der Waals surface area contributed by atoms with Crippen molar-refractivity contribution >= 4 is 34.6 Å². The minimum absolute atomic E-state index is 0.158. The molecule has 0 aliphatic carbocycles. The Morgan fingerprint density at radius 2 is 2.38 bits per heavy atom. The van der Waals surface area contributed by atoms with E-state index in [-0.39, 0.29) is 4.99 Å². The monoisotopic (exact) mass is 250 g/mol. The van der Waals surface area contributed by atoms with E-state index in [2.05, 4.69) is 13.0 Å². The Morgan fingerprint density at radius 3 is 2.94 bits per heavy atom. The van der Waals surface area contributed by atoms with Crippen molar-refractivity contribution in [2.24, 2.45) is 5.73 Å². The smallest absolute Gasteiger partial charge is 0.114 e. The molecule has 0 aromatic carbocycles. The van der Waals surface area contributed by atoms with E-state index in [1.54, 1.807) is 17.4 Å². The first-order valence-electron chi connectivity index (χ1n) is 5.17. The van der Waals surface area contributed by atoms with Crippen molar-refractivity contribution in [3.8, 4) is 6.07 Å². The van der Waals surface area contributed by atoms with Crippen molar-refractivity contribution in [2.45, 2.75) is 26.2 Å². The molecule has 0 fully saturated rings. The predicted molar refractivity (Wildman–Crippen MR) is 73.3 cm³/mol. The Bertz CT molecular complexity index is 438. The lowest BCUT2D eigenvalue weighted by molar-refractivity contribution is 0.804. The summed E-state index contributed by atoms with van der Waals surface area (Å²) in [6.07, 6.45) is 5.25. The molecule has 0 aliphatic rings. The van der Waals surface area contributed by atoms with Crippen LogP contribution in [-0.4, -0.2) is 4.99 Å². The van der Waals surface area contributed by atoms with Crippen LogP contribution in [0.15, 0.2) is 17.7 Å². The first-order valence-corrected chi connectivity index (χ1v) is 6.40. The lowest BCUT2D eigenvalue weighted by atomic mass is 10.2. The van der Waals surface area contributed by atoms with Gasteiger partial charge in [-0.1, -0.05) is 25.6 Å². The van der Waals surface area contributed by atoms with Crippen molar-refractivity contribution in [3.05, 3.63) is 27.5 Å². The summed E-state index contributed by atoms with van der Waals surface area (Å²) in [5.74, 6) is 0. The number of nitrogens with zero attached hydrogens (tertiary/aromatic N) is 1. The fourth-order valence-electron chi connectivity index (χ4n) is 1.26. The second-order valence-electron chi connectivity index (χ2n) is 3.44. The van der Waals surface area contributed by atoms with E-state index < -0.39 is 0 Å². The van der Waals surface area contributed by atoms with Gasteiger partial charge in [0.05, 0.1) is 5.57 Å². The van der Waals surface area contributed by atoms with Gasteiger partial charge in [0.15, 0.2) is 0 Å². The minimum atomic E-state index is 0.158. The van der Waals surface area contributed by atoms with Crippen LogP contribution in [0.3, 0.4) is 0 Å². The molecule has 1 heterocycles. The van der Waals surface area contributed by atoms with Crippen LogP contribution < -0.4 is 5.73 Å². The van der Waals surface area contributed by atoms with Crippen LogP contribution in [-0.2, 0) is 6.42 Å². The number of aryl methyl sites for hydroxylation is 1. The summed E-state index contributed by atoms with van der Waals surface area (Å²) in [6, 6.07) is 6.11. The SMILES string of the molecule is CCCCc1ccc(/C=C(\C#N)C(N)=S)s1. The highest BCUT2D eigenvalue weighted by molar-refractivity contribution is 7.80. The van der Waals surface area contributed by atoms with Crippen molar-refractivity contribution in [3.63, 3.8) is 0 Å². The average molecular weight is 250 g/mol. The third-order valence-electron chi connectivity index (χ3n) is 2.13. The first-order chi connectivity index (χ1) is 7.67. The van der Waals surface area contributed by atoms with Gasteiger partial charge in [0.25, 0.3) is 0 Å². The molecular weight excluding hydrogens is 236 g/mol. The van der Waals surface area contributed by atoms with Gasteiger partial charge in [0.2, 0.25) is 0 Å². The highest BCUT2D eigenvalue weighted by Gasteiger charge is 2.02. The molecule has 0 amide bonds. The summed E-state index contributed by atoms with van der Waals surface area (Å²) < 4.78 is 0. The second-order valence-corrected chi connectivity index (χ2v) is 5.08. The molecule has 2 N–H and O–H groups in total. The zero-order valence-corrected chi connectivity index (χ0v) is 10.8. The molecule has 0 saturated carbocycles. The lowest BCUT2D eigenvalue weighted by Gasteiger charge is -1.93. The Morgan fingerprint density at radius 1 is 1.62 bits per heavy atom. The van der Waals surface area contributed by atoms with Gasteiger partial charge < -0.3 is 5.73 Å². The van der Waals surface area contributed by atoms with E-state index in [9.17, 15) is 0 Å². The van der Waals surface area contributed by atoms with E-state index in [4.69, 9.17) is 23.2 Å². The number of nitrogens with two attached hydrogens (primary N) is 1. The molecule has 0 bridgehead atoms. The molecule has 0 saturated heterocycles. The van der Waals surface area contributed by atoms with Crippen LogP contribution in [0.1, 0.15) is 29.5 Å². The number of thiophene rings is 1. The van der Waals surface area contributed by atoms with Gasteiger partial charge in [-0.05, 0) is 31.1 Å². The summed E-state index contributed by atoms with van der Waals surface area (Å²) >= 11 is 6.47. The zero-order valence-electron chi connectivity index (χ0n) is 9.19. The maximum Gasteiger partial charge on any atom is 0.114 e. The normalized spacial score (nSPS) is 11.1. The summed E-state index contributed by atoms with van der Waals surface area (Å²) in [5.41, 5.74) is 5.80. The van der Waals surface area contributed by atoms with Crippen LogP contribution in [0.25, 0.3) is 6.08 Å². The first kappa shape index (κ1) is 12.9. The maximum absolute atomic E-state index is 8.82. The number of thiocarbonyl (C=S) groups is 1. The van der Waals surface area contributed by atoms with Crippen LogP contribution in [0.2, 0.25) is 0 Å². The minimum Gasteiger partial charge on any atom is -0.389 e. The number of hydrogen-bond donors (Lipinski definition) is 1. The summed E-state index contributed by atoms with van der Waals surface area (Å²) in [5, 5.41) is 8.82. The molecule has 1 rings (SSSR count). The maximum atomic E-state index is 8.82. The highest BCUT2D eigenvalue weighted by Crippen LogP contribution is 2.21. The van der Waals surface area contributed by atoms with Crippen molar-refractivity contribution in [2.75, 3.05) is 0 Å². The Kier molecular flexibility index (Phi) is 5.17. The van der Waals surface area contributed by atoms with Gasteiger partial charge in [-0.2, -0.15) is 5.26 Å². The Balaban J connectivity index is 2.78. The Labute approximate surface area is 105 Å². The third kappa shape index (κ3) is 3.76. The largest absolute Gasteiger partial charge is 0.389 e. The van der Waals surface area contributed by atoms with Crippen molar-refractivity contribution in [1.82, 2.24) is 0 Å². The van der Waals surface area contributed by atoms with E-state index >= 15 is 0 Å². The fraction of sp³-hybridized carbons (Fsp3) is 0.333. The van der Waals surface area contributed by atoms with Crippen molar-refractivity contribution in [1.29, 1.82) is 5.26 Å². The van der Waals surface area contributed by atoms with Crippen LogP contribution in [0.4, 0.5) is 0 Å². The van der Waals surface area contributed by atoms with Gasteiger partial charge in [-0.25, -0.2) is 0 Å². The van der Waals surface area contributed by atoms with Crippen molar-refractivity contribution < 1.29 is 0 Å². The van der Waals surface area contributed by atoms with Crippen LogP contribution in [0.5, 0.6) is 0 Å². The van der Waals surface area contributed by atoms with Gasteiger partial charge >= 0.3 is 0 Å². The van der Waals surface area contributed by atoms with Gasteiger partial charge in [-0.15, -0.1) is 11.3 Å². The van der Waals surface area contributed by atoms with E-state index in [0.29, 0.717) is 5.57 Å². The Hall–Kier alpha value is -1.18. The lowest BCUT2D eigenvalue weighted by Crippen LogP contribution is -2.09.